The van der Waals surface area contributed by atoms with Gasteiger partial charge in [0, 0.05) is 17.8 Å². The third kappa shape index (κ3) is 1.33. The van der Waals surface area contributed by atoms with Crippen LogP contribution in [0.3, 0.4) is 0 Å². The molecule has 1 fully saturated rings. The van der Waals surface area contributed by atoms with Crippen molar-refractivity contribution in [1.29, 1.82) is 0 Å². The van der Waals surface area contributed by atoms with Gasteiger partial charge in [-0.1, -0.05) is 31.4 Å². The second-order valence-electron chi connectivity index (χ2n) is 4.70. The third-order valence-corrected chi connectivity index (χ3v) is 3.80. The summed E-state index contributed by atoms with van der Waals surface area (Å²) in [7, 11) is 0. The molecule has 84 valence electrons. The van der Waals surface area contributed by atoms with Gasteiger partial charge >= 0.3 is 0 Å². The maximum absolute atomic E-state index is 5.99. The molecule has 0 bridgehead atoms. The quantitative estimate of drug-likeness (QED) is 0.765. The topological polar surface area (TPSA) is 43.1 Å². The van der Waals surface area contributed by atoms with Gasteiger partial charge in [0.2, 0.25) is 0 Å². The van der Waals surface area contributed by atoms with Gasteiger partial charge in [0.25, 0.3) is 0 Å². The molecule has 2 aromatic rings. The maximum Gasteiger partial charge on any atom is 0.198 e. The number of rotatable bonds is 1. The highest BCUT2D eigenvalue weighted by molar-refractivity contribution is 6.32. The Morgan fingerprint density at radius 2 is 2.06 bits per heavy atom. The highest BCUT2D eigenvalue weighted by Gasteiger charge is 2.35. The van der Waals surface area contributed by atoms with Crippen LogP contribution in [0, 0.1) is 0 Å². The second-order valence-corrected chi connectivity index (χ2v) is 5.06. The molecule has 0 aliphatic heterocycles. The van der Waals surface area contributed by atoms with Crippen LogP contribution in [0.4, 0.5) is 0 Å². The number of halogens is 1. The SMILES string of the molecule is CC1(c2nnc3c(Cl)nccn23)CCCC1. The molecule has 2 aromatic heterocycles. The van der Waals surface area contributed by atoms with Crippen LogP contribution >= 0.6 is 11.6 Å². The minimum absolute atomic E-state index is 0.143. The summed E-state index contributed by atoms with van der Waals surface area (Å²) in [5, 5.41) is 8.84. The fourth-order valence-electron chi connectivity index (χ4n) is 2.59. The Hall–Kier alpha value is -1.16. The summed E-state index contributed by atoms with van der Waals surface area (Å²) in [5.41, 5.74) is 0.802. The first kappa shape index (κ1) is 10.0. The van der Waals surface area contributed by atoms with Gasteiger partial charge in [0.05, 0.1) is 0 Å². The lowest BCUT2D eigenvalue weighted by atomic mass is 9.88. The number of hydrogen-bond donors (Lipinski definition) is 0. The lowest BCUT2D eigenvalue weighted by molar-refractivity contribution is 0.454. The summed E-state index contributed by atoms with van der Waals surface area (Å²) in [5.74, 6) is 1.02. The van der Waals surface area contributed by atoms with Crippen molar-refractivity contribution >= 4 is 17.2 Å². The van der Waals surface area contributed by atoms with E-state index in [0.29, 0.717) is 10.8 Å². The van der Waals surface area contributed by atoms with E-state index in [1.807, 2.05) is 10.6 Å². The number of fused-ring (bicyclic) bond motifs is 1. The average Bonchev–Trinajstić information content (AvgIpc) is 2.85. The van der Waals surface area contributed by atoms with Crippen molar-refractivity contribution in [3.05, 3.63) is 23.4 Å². The summed E-state index contributed by atoms with van der Waals surface area (Å²) in [6.45, 7) is 2.25. The molecule has 1 saturated carbocycles. The van der Waals surface area contributed by atoms with Crippen LogP contribution in [0.25, 0.3) is 5.65 Å². The standard InChI is InChI=1S/C11H13ClN4/c1-11(4-2-3-5-11)10-15-14-9-8(12)13-6-7-16(9)10/h6-7H,2-5H2,1H3. The van der Waals surface area contributed by atoms with Crippen LogP contribution in [0.15, 0.2) is 12.4 Å². The Morgan fingerprint density at radius 1 is 1.31 bits per heavy atom. The molecule has 0 aromatic carbocycles. The van der Waals surface area contributed by atoms with Crippen molar-refractivity contribution in [2.24, 2.45) is 0 Å². The Labute approximate surface area is 98.7 Å². The van der Waals surface area contributed by atoms with Gasteiger partial charge in [-0.2, -0.15) is 0 Å². The molecule has 4 nitrogen and oxygen atoms in total. The minimum Gasteiger partial charge on any atom is -0.282 e. The monoisotopic (exact) mass is 236 g/mol. The Bertz CT molecular complexity index is 528. The fraction of sp³-hybridized carbons (Fsp3) is 0.545. The molecule has 0 N–H and O–H groups in total. The van der Waals surface area contributed by atoms with E-state index in [9.17, 15) is 0 Å². The predicted octanol–water partition coefficient (Wildman–Crippen LogP) is 2.61. The van der Waals surface area contributed by atoms with Crippen LogP contribution < -0.4 is 0 Å². The molecule has 0 saturated heterocycles. The molecule has 0 atom stereocenters. The van der Waals surface area contributed by atoms with Crippen molar-refractivity contribution in [3.63, 3.8) is 0 Å². The summed E-state index contributed by atoms with van der Waals surface area (Å²) >= 11 is 5.99. The second kappa shape index (κ2) is 3.42. The first-order valence-corrected chi connectivity index (χ1v) is 5.94. The highest BCUT2D eigenvalue weighted by atomic mass is 35.5. The normalized spacial score (nSPS) is 19.4. The van der Waals surface area contributed by atoms with E-state index in [4.69, 9.17) is 11.6 Å². The van der Waals surface area contributed by atoms with E-state index in [1.54, 1.807) is 6.20 Å². The van der Waals surface area contributed by atoms with E-state index in [-0.39, 0.29) is 5.41 Å². The smallest absolute Gasteiger partial charge is 0.198 e. The first-order valence-electron chi connectivity index (χ1n) is 5.56. The van der Waals surface area contributed by atoms with E-state index in [0.717, 1.165) is 5.82 Å². The summed E-state index contributed by atoms with van der Waals surface area (Å²) < 4.78 is 1.97. The van der Waals surface area contributed by atoms with Gasteiger partial charge in [-0.15, -0.1) is 10.2 Å². The van der Waals surface area contributed by atoms with Crippen LogP contribution in [0.2, 0.25) is 5.15 Å². The predicted molar refractivity (Wildman–Crippen MR) is 61.6 cm³/mol. The lowest BCUT2D eigenvalue weighted by Crippen LogP contribution is -2.20. The van der Waals surface area contributed by atoms with Crippen molar-refractivity contribution in [2.75, 3.05) is 0 Å². The third-order valence-electron chi connectivity index (χ3n) is 3.53. The van der Waals surface area contributed by atoms with E-state index >= 15 is 0 Å². The molecule has 0 spiro atoms. The van der Waals surface area contributed by atoms with Crippen LogP contribution in [0.5, 0.6) is 0 Å². The van der Waals surface area contributed by atoms with Crippen molar-refractivity contribution < 1.29 is 0 Å². The van der Waals surface area contributed by atoms with Crippen molar-refractivity contribution in [2.45, 2.75) is 38.0 Å². The van der Waals surface area contributed by atoms with Gasteiger partial charge in [0.15, 0.2) is 10.8 Å². The lowest BCUT2D eigenvalue weighted by Gasteiger charge is -2.20. The summed E-state index contributed by atoms with van der Waals surface area (Å²) in [6, 6.07) is 0. The van der Waals surface area contributed by atoms with Crippen LogP contribution in [-0.2, 0) is 5.41 Å². The Balaban J connectivity index is 2.21. The van der Waals surface area contributed by atoms with Crippen LogP contribution in [0.1, 0.15) is 38.4 Å². The van der Waals surface area contributed by atoms with Crippen molar-refractivity contribution in [1.82, 2.24) is 19.6 Å². The largest absolute Gasteiger partial charge is 0.282 e. The minimum atomic E-state index is 0.143. The molecular weight excluding hydrogens is 224 g/mol. The van der Waals surface area contributed by atoms with E-state index in [2.05, 4.69) is 22.1 Å². The summed E-state index contributed by atoms with van der Waals surface area (Å²) in [4.78, 5) is 4.01. The molecule has 1 aliphatic carbocycles. The zero-order valence-corrected chi connectivity index (χ0v) is 9.91. The van der Waals surface area contributed by atoms with E-state index < -0.39 is 0 Å². The molecule has 1 aliphatic rings. The van der Waals surface area contributed by atoms with Gasteiger partial charge in [0.1, 0.15) is 5.82 Å². The number of hydrogen-bond acceptors (Lipinski definition) is 3. The average molecular weight is 237 g/mol. The molecule has 0 radical (unpaired) electrons. The fourth-order valence-corrected chi connectivity index (χ4v) is 2.77. The van der Waals surface area contributed by atoms with Crippen LogP contribution in [-0.4, -0.2) is 19.6 Å². The zero-order valence-electron chi connectivity index (χ0n) is 9.15. The Kier molecular flexibility index (Phi) is 2.14. The van der Waals surface area contributed by atoms with Gasteiger partial charge in [-0.3, -0.25) is 4.40 Å². The highest BCUT2D eigenvalue weighted by Crippen LogP contribution is 2.39. The molecule has 2 heterocycles. The molecule has 16 heavy (non-hydrogen) atoms. The molecule has 0 unspecified atom stereocenters. The number of nitrogens with zero attached hydrogens (tertiary/aromatic N) is 4. The first-order chi connectivity index (χ1) is 7.71. The molecule has 3 rings (SSSR count). The maximum atomic E-state index is 5.99. The van der Waals surface area contributed by atoms with Gasteiger partial charge in [-0.05, 0) is 12.8 Å². The molecule has 0 amide bonds. The van der Waals surface area contributed by atoms with E-state index in [1.165, 1.54) is 25.7 Å². The zero-order chi connectivity index (χ0) is 11.2. The summed E-state index contributed by atoms with van der Waals surface area (Å²) in [6.07, 6.45) is 8.47. The molecule has 5 heteroatoms. The van der Waals surface area contributed by atoms with Gasteiger partial charge in [-0.25, -0.2) is 4.98 Å². The molecular formula is C11H13ClN4. The number of aromatic nitrogens is 4. The van der Waals surface area contributed by atoms with Crippen molar-refractivity contribution in [3.8, 4) is 0 Å². The Morgan fingerprint density at radius 3 is 2.81 bits per heavy atom. The van der Waals surface area contributed by atoms with Gasteiger partial charge < -0.3 is 0 Å².